The van der Waals surface area contributed by atoms with Crippen LogP contribution >= 0.6 is 0 Å². The second-order valence-corrected chi connectivity index (χ2v) is 8.18. The zero-order chi connectivity index (χ0) is 26.2. The van der Waals surface area contributed by atoms with Gasteiger partial charge < -0.3 is 38.4 Å². The summed E-state index contributed by atoms with van der Waals surface area (Å²) in [4.78, 5) is 15.1. The van der Waals surface area contributed by atoms with Crippen molar-refractivity contribution in [3.8, 4) is 11.1 Å². The van der Waals surface area contributed by atoms with E-state index in [2.05, 4.69) is 24.1 Å². The fourth-order valence-corrected chi connectivity index (χ4v) is 3.19. The van der Waals surface area contributed by atoms with Crippen molar-refractivity contribution in [3.05, 3.63) is 92.0 Å². The van der Waals surface area contributed by atoms with Crippen LogP contribution in [0.5, 0.6) is 0 Å². The molecule has 12 heteroatoms. The number of aromatic nitrogens is 1. The summed E-state index contributed by atoms with van der Waals surface area (Å²) in [6, 6.07) is 13.8. The maximum atomic E-state index is 12.3. The molecule has 0 radical (unpaired) electrons. The van der Waals surface area contributed by atoms with Crippen molar-refractivity contribution in [1.29, 1.82) is 0 Å². The molecule has 7 nitrogen and oxygen atoms in total. The maximum absolute atomic E-state index is 12.3. The van der Waals surface area contributed by atoms with Crippen LogP contribution in [0.4, 0.5) is 18.9 Å². The summed E-state index contributed by atoms with van der Waals surface area (Å²) in [5, 5.41) is 12.1. The van der Waals surface area contributed by atoms with Gasteiger partial charge in [0.15, 0.2) is 0 Å². The van der Waals surface area contributed by atoms with E-state index in [1.54, 1.807) is 24.3 Å². The molecule has 2 unspecified atom stereocenters. The number of nitrogens with one attached hydrogen (secondary N) is 1. The summed E-state index contributed by atoms with van der Waals surface area (Å²) >= 11 is 0. The normalized spacial score (nSPS) is 12.5. The number of alkyl halides is 3. The molecule has 1 aromatic heterocycles. The number of amides is 1. The van der Waals surface area contributed by atoms with Gasteiger partial charge in [-0.05, 0) is 64.3 Å². The number of anilines is 1. The first-order valence-electron chi connectivity index (χ1n) is 10.1. The Hall–Kier alpha value is -1.80. The summed E-state index contributed by atoms with van der Waals surface area (Å²) < 4.78 is 58.3. The van der Waals surface area contributed by atoms with Crippen LogP contribution in [0.15, 0.2) is 71.8 Å². The summed E-state index contributed by atoms with van der Waals surface area (Å²) in [7, 11) is -2.24. The average Bonchev–Trinajstić information content (AvgIpc) is 2.82. The fourth-order valence-electron chi connectivity index (χ4n) is 2.83. The van der Waals surface area contributed by atoms with Crippen LogP contribution < -0.4 is 62.4 Å². The van der Waals surface area contributed by atoms with Gasteiger partial charge in [-0.25, -0.2) is 0 Å². The summed E-state index contributed by atoms with van der Waals surface area (Å²) in [5.74, 6) is -0.603. The van der Waals surface area contributed by atoms with Gasteiger partial charge in [0.05, 0.1) is 5.56 Å². The molecular formula is C24H23F3KN3O4S-2. The molecule has 3 rings (SSSR count). The second-order valence-electron chi connectivity index (χ2n) is 7.24. The molecule has 2 aromatic carbocycles. The summed E-state index contributed by atoms with van der Waals surface area (Å²) in [6.07, 6.45) is -3.34. The topological polar surface area (TPSA) is 122 Å². The van der Waals surface area contributed by atoms with Crippen LogP contribution in [0.25, 0.3) is 11.1 Å². The third kappa shape index (κ3) is 9.92. The van der Waals surface area contributed by atoms with Gasteiger partial charge in [-0.2, -0.15) is 19.6 Å². The van der Waals surface area contributed by atoms with E-state index < -0.39 is 34.5 Å². The molecular weight excluding hydrogens is 522 g/mol. The molecule has 3 aromatic rings. The van der Waals surface area contributed by atoms with Gasteiger partial charge in [0.25, 0.3) is 5.91 Å². The molecule has 2 atom stereocenters. The van der Waals surface area contributed by atoms with Crippen LogP contribution in [0, 0.1) is 13.8 Å². The fraction of sp³-hybridized carbons (Fsp3) is 0.167. The van der Waals surface area contributed by atoms with Crippen molar-refractivity contribution in [2.24, 2.45) is 5.73 Å². The third-order valence-electron chi connectivity index (χ3n) is 4.73. The minimum Gasteiger partial charge on any atom is -0.423 e. The third-order valence-corrected chi connectivity index (χ3v) is 5.39. The van der Waals surface area contributed by atoms with E-state index in [4.69, 9.17) is 5.73 Å². The standard InChI is InChI=1S/C12H14F3NO.C12H9N2O3S.K/c1-3-11(8(2)17)16-10-6-4-9(5-7-10)12(13,14)15;13-12(15)11-7-9(5-6-14-11)8-1-3-10(4-2-8)18(16)17;/h4-8,11,16-17H,1-3H2;1-7H,(H2,13,15);/q-2;-1;+1. The Labute approximate surface area is 251 Å². The minimum atomic E-state index is -4.34. The first-order chi connectivity index (χ1) is 16.4. The Morgan fingerprint density at radius 2 is 1.64 bits per heavy atom. The molecule has 0 spiro atoms. The first-order valence-corrected chi connectivity index (χ1v) is 11.2. The number of hydrogen-bond donors (Lipinski definition) is 3. The van der Waals surface area contributed by atoms with Crippen molar-refractivity contribution in [3.63, 3.8) is 0 Å². The van der Waals surface area contributed by atoms with Crippen molar-refractivity contribution in [1.82, 2.24) is 4.98 Å². The number of pyridine rings is 1. The number of aliphatic hydroxyl groups is 1. The van der Waals surface area contributed by atoms with Crippen LogP contribution in [0.1, 0.15) is 22.5 Å². The van der Waals surface area contributed by atoms with Gasteiger partial charge in [0.1, 0.15) is 5.69 Å². The molecule has 188 valence electrons. The Morgan fingerprint density at radius 3 is 2.08 bits per heavy atom. The monoisotopic (exact) mass is 545 g/mol. The van der Waals surface area contributed by atoms with Gasteiger partial charge in [-0.3, -0.25) is 9.78 Å². The summed E-state index contributed by atoms with van der Waals surface area (Å²) in [5.41, 5.74) is 6.64. The quantitative estimate of drug-likeness (QED) is 0.235. The van der Waals surface area contributed by atoms with Gasteiger partial charge in [-0.15, -0.1) is 0 Å². The predicted octanol–water partition coefficient (Wildman–Crippen LogP) is 1.42. The number of nitrogens with zero attached hydrogens (tertiary/aromatic N) is 1. The molecule has 0 saturated carbocycles. The van der Waals surface area contributed by atoms with E-state index in [1.807, 2.05) is 0 Å². The largest absolute Gasteiger partial charge is 1.00 e. The Bertz CT molecular complexity index is 1190. The number of benzene rings is 2. The molecule has 0 bridgehead atoms. The number of primary amides is 1. The number of nitrogens with two attached hydrogens (primary N) is 1. The number of halogens is 3. The molecule has 0 aliphatic rings. The molecule has 0 fully saturated rings. The molecule has 0 aliphatic carbocycles. The van der Waals surface area contributed by atoms with Crippen LogP contribution in [0.3, 0.4) is 0 Å². The van der Waals surface area contributed by atoms with E-state index in [0.29, 0.717) is 12.1 Å². The van der Waals surface area contributed by atoms with E-state index in [1.165, 1.54) is 30.5 Å². The molecule has 0 aliphatic heterocycles. The van der Waals surface area contributed by atoms with Crippen molar-refractivity contribution < 1.29 is 82.9 Å². The predicted molar refractivity (Wildman–Crippen MR) is 125 cm³/mol. The summed E-state index contributed by atoms with van der Waals surface area (Å²) in [6.45, 7) is 7.05. The molecule has 1 amide bonds. The van der Waals surface area contributed by atoms with Gasteiger partial charge in [-0.1, -0.05) is 35.3 Å². The first kappa shape index (κ1) is 32.2. The Balaban J connectivity index is 0.000000351. The van der Waals surface area contributed by atoms with Crippen molar-refractivity contribution in [2.45, 2.75) is 29.6 Å². The smallest absolute Gasteiger partial charge is 0.423 e. The number of carbonyl (C=O) groups excluding carboxylic acids is 1. The molecule has 1 heterocycles. The van der Waals surface area contributed by atoms with Gasteiger partial charge >= 0.3 is 57.6 Å². The second kappa shape index (κ2) is 14.8. The Morgan fingerprint density at radius 1 is 1.06 bits per heavy atom. The van der Waals surface area contributed by atoms with E-state index in [-0.39, 0.29) is 68.0 Å². The number of carbonyl (C=O) groups is 1. The SMILES string of the molecule is NC(=O)c1cc(-c2ccc([S-](=O)=O)cc2)ccn1.[CH2-]CC(Nc1ccc(C(F)(F)F)cc1)C([CH2-])O.[K+]. The van der Waals surface area contributed by atoms with Crippen molar-refractivity contribution in [2.75, 3.05) is 5.32 Å². The van der Waals surface area contributed by atoms with E-state index in [0.717, 1.165) is 23.3 Å². The minimum absolute atomic E-state index is 0. The van der Waals surface area contributed by atoms with Gasteiger partial charge in [0, 0.05) is 11.9 Å². The van der Waals surface area contributed by atoms with E-state index in [9.17, 15) is 31.5 Å². The van der Waals surface area contributed by atoms with Gasteiger partial charge in [0.2, 0.25) is 0 Å². The zero-order valence-corrected chi connectivity index (χ0v) is 23.3. The zero-order valence-electron chi connectivity index (χ0n) is 19.4. The van der Waals surface area contributed by atoms with E-state index >= 15 is 0 Å². The van der Waals surface area contributed by atoms with Crippen molar-refractivity contribution >= 4 is 22.3 Å². The number of aliphatic hydroxyl groups excluding tert-OH is 1. The van der Waals surface area contributed by atoms with Crippen LogP contribution in [-0.2, 0) is 25.3 Å². The van der Waals surface area contributed by atoms with Crippen LogP contribution in [0.2, 0.25) is 0 Å². The molecule has 0 saturated heterocycles. The van der Waals surface area contributed by atoms with Crippen LogP contribution in [-0.4, -0.2) is 28.1 Å². The average molecular weight is 546 g/mol. The number of rotatable bonds is 7. The number of hydrogen-bond acceptors (Lipinski definition) is 7. The molecule has 4 N–H and O–H groups in total. The molecule has 36 heavy (non-hydrogen) atoms. The Kier molecular flexibility index (Phi) is 13.3. The maximum Gasteiger partial charge on any atom is 1.00 e.